The molecule has 0 fully saturated rings. The van der Waals surface area contributed by atoms with Gasteiger partial charge in [0.25, 0.3) is 5.91 Å². The Bertz CT molecular complexity index is 641. The molecule has 1 amide bonds. The summed E-state index contributed by atoms with van der Waals surface area (Å²) in [6.45, 7) is -0.565. The number of benzene rings is 1. The molecule has 1 aromatic heterocycles. The van der Waals surface area contributed by atoms with Gasteiger partial charge >= 0.3 is 5.97 Å². The van der Waals surface area contributed by atoms with Gasteiger partial charge in [-0.2, -0.15) is 0 Å². The van der Waals surface area contributed by atoms with Crippen LogP contribution in [0, 0.1) is 0 Å². The molecule has 3 N–H and O–H groups in total. The first-order chi connectivity index (χ1) is 10.0. The SMILES string of the molecule is Nc1ncn(CC(=O)OCC(=O)Nc2ccc(Cl)cc2)n1. The monoisotopic (exact) mass is 309 g/mol. The number of nitrogens with one attached hydrogen (secondary N) is 1. The highest BCUT2D eigenvalue weighted by molar-refractivity contribution is 6.30. The number of esters is 1. The molecule has 110 valence electrons. The normalized spacial score (nSPS) is 10.1. The van der Waals surface area contributed by atoms with E-state index in [2.05, 4.69) is 15.4 Å². The number of anilines is 2. The molecule has 0 spiro atoms. The number of rotatable bonds is 5. The van der Waals surface area contributed by atoms with Gasteiger partial charge in [0.1, 0.15) is 12.9 Å². The molecule has 8 nitrogen and oxygen atoms in total. The summed E-state index contributed by atoms with van der Waals surface area (Å²) in [4.78, 5) is 26.7. The first kappa shape index (κ1) is 14.8. The second-order valence-corrected chi connectivity index (χ2v) is 4.45. The van der Waals surface area contributed by atoms with Crippen molar-refractivity contribution in [2.45, 2.75) is 6.54 Å². The van der Waals surface area contributed by atoms with Crippen LogP contribution >= 0.6 is 11.6 Å². The smallest absolute Gasteiger partial charge is 0.328 e. The van der Waals surface area contributed by atoms with Crippen LogP contribution in [0.2, 0.25) is 5.02 Å². The predicted molar refractivity (Wildman–Crippen MR) is 75.5 cm³/mol. The van der Waals surface area contributed by atoms with Crippen molar-refractivity contribution in [2.24, 2.45) is 0 Å². The molecule has 0 saturated carbocycles. The van der Waals surface area contributed by atoms with E-state index in [1.54, 1.807) is 24.3 Å². The number of nitrogen functional groups attached to an aromatic ring is 1. The Balaban J connectivity index is 1.75. The molecule has 0 atom stereocenters. The fraction of sp³-hybridized carbons (Fsp3) is 0.167. The van der Waals surface area contributed by atoms with Crippen molar-refractivity contribution in [3.05, 3.63) is 35.6 Å². The molecular formula is C12H12ClN5O3. The Morgan fingerprint density at radius 3 is 2.67 bits per heavy atom. The lowest BCUT2D eigenvalue weighted by Crippen LogP contribution is -2.23. The molecule has 0 unspecified atom stereocenters. The highest BCUT2D eigenvalue weighted by Gasteiger charge is 2.09. The number of hydrogen-bond donors (Lipinski definition) is 2. The minimum absolute atomic E-state index is 0.0586. The maximum absolute atomic E-state index is 11.6. The van der Waals surface area contributed by atoms with E-state index in [1.165, 1.54) is 11.0 Å². The molecule has 0 aliphatic rings. The standard InChI is InChI=1S/C12H12ClN5O3/c13-8-1-3-9(4-2-8)16-10(19)6-21-11(20)5-18-7-15-12(14)17-18/h1-4,7H,5-6H2,(H2,14,17)(H,16,19). The van der Waals surface area contributed by atoms with Gasteiger partial charge in [0, 0.05) is 10.7 Å². The topological polar surface area (TPSA) is 112 Å². The van der Waals surface area contributed by atoms with Crippen molar-refractivity contribution in [2.75, 3.05) is 17.7 Å². The minimum Gasteiger partial charge on any atom is -0.454 e. The summed E-state index contributed by atoms with van der Waals surface area (Å²) in [5.41, 5.74) is 5.86. The average molecular weight is 310 g/mol. The van der Waals surface area contributed by atoms with E-state index >= 15 is 0 Å². The summed E-state index contributed by atoms with van der Waals surface area (Å²) in [6.07, 6.45) is 1.30. The largest absolute Gasteiger partial charge is 0.454 e. The van der Waals surface area contributed by atoms with E-state index in [9.17, 15) is 9.59 Å². The van der Waals surface area contributed by atoms with E-state index < -0.39 is 18.5 Å². The minimum atomic E-state index is -0.619. The molecule has 0 aliphatic carbocycles. The second kappa shape index (κ2) is 6.71. The summed E-state index contributed by atoms with van der Waals surface area (Å²) in [5.74, 6) is -1.02. The van der Waals surface area contributed by atoms with Gasteiger partial charge in [-0.3, -0.25) is 9.59 Å². The fourth-order valence-corrected chi connectivity index (χ4v) is 1.57. The number of aromatic nitrogens is 3. The number of carbonyl (C=O) groups is 2. The van der Waals surface area contributed by atoms with Crippen LogP contribution in [-0.4, -0.2) is 33.2 Å². The molecule has 0 saturated heterocycles. The number of nitrogens with two attached hydrogens (primary N) is 1. The molecule has 0 bridgehead atoms. The van der Waals surface area contributed by atoms with Crippen molar-refractivity contribution in [1.82, 2.24) is 14.8 Å². The van der Waals surface area contributed by atoms with E-state index in [1.807, 2.05) is 0 Å². The average Bonchev–Trinajstić information content (AvgIpc) is 2.84. The van der Waals surface area contributed by atoms with Gasteiger partial charge in [-0.1, -0.05) is 11.6 Å². The predicted octanol–water partition coefficient (Wildman–Crippen LogP) is 0.696. The van der Waals surface area contributed by atoms with Crippen LogP contribution in [0.25, 0.3) is 0 Å². The fourth-order valence-electron chi connectivity index (χ4n) is 1.44. The van der Waals surface area contributed by atoms with Crippen LogP contribution in [0.4, 0.5) is 11.6 Å². The molecule has 0 aliphatic heterocycles. The van der Waals surface area contributed by atoms with Crippen LogP contribution < -0.4 is 11.1 Å². The van der Waals surface area contributed by atoms with Gasteiger partial charge < -0.3 is 15.8 Å². The van der Waals surface area contributed by atoms with Gasteiger partial charge in [0.05, 0.1) is 0 Å². The molecular weight excluding hydrogens is 298 g/mol. The third-order valence-electron chi connectivity index (χ3n) is 2.34. The number of ether oxygens (including phenoxy) is 1. The van der Waals surface area contributed by atoms with E-state index in [-0.39, 0.29) is 12.5 Å². The Morgan fingerprint density at radius 2 is 2.05 bits per heavy atom. The number of nitrogens with zero attached hydrogens (tertiary/aromatic N) is 3. The quantitative estimate of drug-likeness (QED) is 0.786. The van der Waals surface area contributed by atoms with E-state index in [4.69, 9.17) is 22.1 Å². The second-order valence-electron chi connectivity index (χ2n) is 4.02. The van der Waals surface area contributed by atoms with Crippen molar-refractivity contribution in [1.29, 1.82) is 0 Å². The first-order valence-corrected chi connectivity index (χ1v) is 6.26. The third kappa shape index (κ3) is 4.77. The van der Waals surface area contributed by atoms with Crippen LogP contribution in [-0.2, 0) is 20.9 Å². The molecule has 21 heavy (non-hydrogen) atoms. The number of halogens is 1. The highest BCUT2D eigenvalue weighted by atomic mass is 35.5. The van der Waals surface area contributed by atoms with E-state index in [0.717, 1.165) is 0 Å². The Kier molecular flexibility index (Phi) is 4.72. The maximum atomic E-state index is 11.6. The molecule has 0 radical (unpaired) electrons. The zero-order valence-electron chi connectivity index (χ0n) is 10.8. The van der Waals surface area contributed by atoms with Crippen molar-refractivity contribution >= 4 is 35.1 Å². The van der Waals surface area contributed by atoms with Gasteiger partial charge in [0.15, 0.2) is 6.61 Å². The van der Waals surface area contributed by atoms with Gasteiger partial charge in [-0.25, -0.2) is 9.67 Å². The molecule has 9 heteroatoms. The van der Waals surface area contributed by atoms with Gasteiger partial charge in [-0.05, 0) is 24.3 Å². The summed E-state index contributed by atoms with van der Waals surface area (Å²) in [5, 5.41) is 6.85. The molecule has 2 rings (SSSR count). The lowest BCUT2D eigenvalue weighted by Gasteiger charge is -2.06. The van der Waals surface area contributed by atoms with Gasteiger partial charge in [0.2, 0.25) is 5.95 Å². The van der Waals surface area contributed by atoms with Crippen molar-refractivity contribution < 1.29 is 14.3 Å². The van der Waals surface area contributed by atoms with Crippen LogP contribution in [0.1, 0.15) is 0 Å². The summed E-state index contributed by atoms with van der Waals surface area (Å²) in [6, 6.07) is 6.55. The Morgan fingerprint density at radius 1 is 1.33 bits per heavy atom. The summed E-state index contributed by atoms with van der Waals surface area (Å²) in [7, 11) is 0. The Hall–Kier alpha value is -2.61. The maximum Gasteiger partial charge on any atom is 0.328 e. The molecule has 1 heterocycles. The zero-order valence-corrected chi connectivity index (χ0v) is 11.6. The van der Waals surface area contributed by atoms with Crippen LogP contribution in [0.5, 0.6) is 0 Å². The van der Waals surface area contributed by atoms with Crippen molar-refractivity contribution in [3.63, 3.8) is 0 Å². The number of hydrogen-bond acceptors (Lipinski definition) is 6. The van der Waals surface area contributed by atoms with Crippen LogP contribution in [0.3, 0.4) is 0 Å². The first-order valence-electron chi connectivity index (χ1n) is 5.89. The van der Waals surface area contributed by atoms with Crippen molar-refractivity contribution in [3.8, 4) is 0 Å². The summed E-state index contributed by atoms with van der Waals surface area (Å²) >= 11 is 5.73. The highest BCUT2D eigenvalue weighted by Crippen LogP contribution is 2.13. The Labute approximate surface area is 124 Å². The summed E-state index contributed by atoms with van der Waals surface area (Å²) < 4.78 is 6.02. The number of carbonyl (C=O) groups excluding carboxylic acids is 2. The third-order valence-corrected chi connectivity index (χ3v) is 2.59. The molecule has 2 aromatic rings. The lowest BCUT2D eigenvalue weighted by molar-refractivity contribution is -0.148. The van der Waals surface area contributed by atoms with Crippen LogP contribution in [0.15, 0.2) is 30.6 Å². The number of amides is 1. The zero-order chi connectivity index (χ0) is 15.2. The lowest BCUT2D eigenvalue weighted by atomic mass is 10.3. The van der Waals surface area contributed by atoms with E-state index in [0.29, 0.717) is 10.7 Å². The van der Waals surface area contributed by atoms with Gasteiger partial charge in [-0.15, -0.1) is 5.10 Å². The molecule has 1 aromatic carbocycles.